The highest BCUT2D eigenvalue weighted by atomic mass is 32.1. The van der Waals surface area contributed by atoms with Gasteiger partial charge >= 0.3 is 0 Å². The van der Waals surface area contributed by atoms with E-state index in [2.05, 4.69) is 0 Å². The number of hydrogen-bond acceptors (Lipinski definition) is 2. The maximum atomic E-state index is 10.4. The summed E-state index contributed by atoms with van der Waals surface area (Å²) in [5, 5.41) is 12.4. The number of hydrogen-bond donors (Lipinski definition) is 1. The van der Waals surface area contributed by atoms with Crippen molar-refractivity contribution in [1.82, 2.24) is 0 Å². The molecule has 0 spiro atoms. The van der Waals surface area contributed by atoms with Crippen LogP contribution in [0.25, 0.3) is 10.6 Å². The van der Waals surface area contributed by atoms with Crippen molar-refractivity contribution in [1.29, 1.82) is 0 Å². The summed E-state index contributed by atoms with van der Waals surface area (Å²) in [4.78, 5) is 1.18. The van der Waals surface area contributed by atoms with E-state index in [-0.39, 0.29) is 0 Å². The van der Waals surface area contributed by atoms with Gasteiger partial charge in [-0.15, -0.1) is 11.3 Å². The minimum absolute atomic E-state index is 0.883. The normalized spacial score (nSPS) is 23.3. The van der Waals surface area contributed by atoms with Gasteiger partial charge in [0, 0.05) is 19.1 Å². The lowest BCUT2D eigenvalue weighted by Gasteiger charge is -2.11. The highest BCUT2D eigenvalue weighted by molar-refractivity contribution is 7.13. The molecule has 0 bridgehead atoms. The number of thiophene rings is 1. The van der Waals surface area contributed by atoms with Crippen molar-refractivity contribution in [2.24, 2.45) is 0 Å². The van der Waals surface area contributed by atoms with Gasteiger partial charge < -0.3 is 5.11 Å². The molecule has 2 aromatic heterocycles. The summed E-state index contributed by atoms with van der Waals surface area (Å²) in [7, 11) is 0. The predicted molar refractivity (Wildman–Crippen MR) is 54.9 cm³/mol. The fourth-order valence-electron chi connectivity index (χ4n) is 2.02. The van der Waals surface area contributed by atoms with E-state index in [1.54, 1.807) is 11.3 Å². The summed E-state index contributed by atoms with van der Waals surface area (Å²) in [5.74, 6) is 0. The van der Waals surface area contributed by atoms with Gasteiger partial charge in [-0.2, -0.15) is 4.57 Å². The SMILES string of the molecule is CC1(O)c2ccsc2-c2cccc[n+]21. The van der Waals surface area contributed by atoms with Gasteiger partial charge in [-0.3, -0.25) is 0 Å². The summed E-state index contributed by atoms with van der Waals surface area (Å²) in [6.45, 7) is 1.83. The van der Waals surface area contributed by atoms with Crippen molar-refractivity contribution >= 4 is 11.3 Å². The first-order chi connectivity index (χ1) is 6.71. The standard InChI is InChI=1S/C11H10NOS/c1-11(13)8-5-7-14-10(8)9-4-2-3-6-12(9)11/h2-7,13H,1H3/q+1. The molecule has 1 unspecified atom stereocenters. The molecule has 1 atom stereocenters. The van der Waals surface area contributed by atoms with Gasteiger partial charge in [0.1, 0.15) is 4.88 Å². The van der Waals surface area contributed by atoms with Crippen molar-refractivity contribution in [3.05, 3.63) is 41.4 Å². The van der Waals surface area contributed by atoms with Crippen molar-refractivity contribution in [3.8, 4) is 10.6 Å². The van der Waals surface area contributed by atoms with Crippen LogP contribution in [0.5, 0.6) is 0 Å². The van der Waals surface area contributed by atoms with Crippen LogP contribution in [0.15, 0.2) is 35.8 Å². The van der Waals surface area contributed by atoms with Crippen LogP contribution in [0.3, 0.4) is 0 Å². The Morgan fingerprint density at radius 2 is 2.21 bits per heavy atom. The highest BCUT2D eigenvalue weighted by Gasteiger charge is 2.46. The molecule has 2 nitrogen and oxygen atoms in total. The van der Waals surface area contributed by atoms with E-state index in [4.69, 9.17) is 0 Å². The van der Waals surface area contributed by atoms with E-state index < -0.39 is 5.72 Å². The molecule has 3 rings (SSSR count). The molecule has 14 heavy (non-hydrogen) atoms. The molecule has 0 aromatic carbocycles. The van der Waals surface area contributed by atoms with E-state index in [1.165, 1.54) is 4.88 Å². The van der Waals surface area contributed by atoms with Gasteiger partial charge in [-0.05, 0) is 17.5 Å². The van der Waals surface area contributed by atoms with E-state index >= 15 is 0 Å². The van der Waals surface area contributed by atoms with Crippen molar-refractivity contribution in [2.75, 3.05) is 0 Å². The predicted octanol–water partition coefficient (Wildman–Crippen LogP) is 1.73. The third-order valence-corrected chi connectivity index (χ3v) is 3.67. The van der Waals surface area contributed by atoms with Gasteiger partial charge in [0.15, 0.2) is 6.20 Å². The van der Waals surface area contributed by atoms with Crippen LogP contribution in [0.2, 0.25) is 0 Å². The maximum Gasteiger partial charge on any atom is 0.296 e. The van der Waals surface area contributed by atoms with E-state index in [9.17, 15) is 5.11 Å². The Bertz CT molecular complexity index is 501. The highest BCUT2D eigenvalue weighted by Crippen LogP contribution is 2.39. The van der Waals surface area contributed by atoms with Crippen molar-refractivity contribution in [3.63, 3.8) is 0 Å². The van der Waals surface area contributed by atoms with Crippen LogP contribution in [-0.4, -0.2) is 5.11 Å². The molecule has 1 aliphatic rings. The molecule has 1 aliphatic heterocycles. The summed E-state index contributed by atoms with van der Waals surface area (Å²) in [5.41, 5.74) is 1.22. The van der Waals surface area contributed by atoms with Crippen LogP contribution < -0.4 is 4.57 Å². The van der Waals surface area contributed by atoms with E-state index in [1.807, 2.05) is 47.3 Å². The lowest BCUT2D eigenvalue weighted by atomic mass is 10.1. The number of aromatic nitrogens is 1. The molecule has 3 heterocycles. The quantitative estimate of drug-likeness (QED) is 0.649. The van der Waals surface area contributed by atoms with Crippen LogP contribution in [-0.2, 0) is 5.72 Å². The van der Waals surface area contributed by atoms with Crippen LogP contribution >= 0.6 is 11.3 Å². The first-order valence-electron chi connectivity index (χ1n) is 4.53. The molecule has 0 amide bonds. The number of pyridine rings is 1. The van der Waals surface area contributed by atoms with Crippen LogP contribution in [0.1, 0.15) is 12.5 Å². The minimum Gasteiger partial charge on any atom is -0.331 e. The summed E-state index contributed by atoms with van der Waals surface area (Å²) in [6.07, 6.45) is 1.92. The average Bonchev–Trinajstić information content (AvgIpc) is 2.72. The number of nitrogens with zero attached hydrogens (tertiary/aromatic N) is 1. The monoisotopic (exact) mass is 204 g/mol. The Labute approximate surface area is 86.1 Å². The third-order valence-electron chi connectivity index (χ3n) is 2.74. The second-order valence-corrected chi connectivity index (χ2v) is 4.56. The Balaban J connectivity index is 2.42. The summed E-state index contributed by atoms with van der Waals surface area (Å²) in [6, 6.07) is 7.97. The Kier molecular flexibility index (Phi) is 1.42. The second kappa shape index (κ2) is 2.43. The molecular weight excluding hydrogens is 194 g/mol. The molecule has 0 fully saturated rings. The number of fused-ring (bicyclic) bond motifs is 3. The molecule has 0 saturated carbocycles. The van der Waals surface area contributed by atoms with Gasteiger partial charge in [0.25, 0.3) is 5.72 Å². The zero-order valence-corrected chi connectivity index (χ0v) is 8.58. The zero-order chi connectivity index (χ0) is 9.76. The van der Waals surface area contributed by atoms with Gasteiger partial charge in [-0.1, -0.05) is 0 Å². The summed E-state index contributed by atoms with van der Waals surface area (Å²) < 4.78 is 1.91. The van der Waals surface area contributed by atoms with Crippen molar-refractivity contribution < 1.29 is 9.67 Å². The van der Waals surface area contributed by atoms with Gasteiger partial charge in [-0.25, -0.2) is 0 Å². The molecule has 2 aromatic rings. The third kappa shape index (κ3) is 0.811. The first kappa shape index (κ1) is 8.15. The lowest BCUT2D eigenvalue weighted by Crippen LogP contribution is -2.52. The number of rotatable bonds is 0. The fourth-order valence-corrected chi connectivity index (χ4v) is 3.03. The molecule has 3 heteroatoms. The largest absolute Gasteiger partial charge is 0.331 e. The lowest BCUT2D eigenvalue weighted by molar-refractivity contribution is -0.776. The minimum atomic E-state index is -0.883. The second-order valence-electron chi connectivity index (χ2n) is 3.64. The molecule has 0 aliphatic carbocycles. The summed E-state index contributed by atoms with van der Waals surface area (Å²) >= 11 is 1.68. The van der Waals surface area contributed by atoms with E-state index in [0.29, 0.717) is 0 Å². The fraction of sp³-hybridized carbons (Fsp3) is 0.182. The first-order valence-corrected chi connectivity index (χ1v) is 5.41. The van der Waals surface area contributed by atoms with Gasteiger partial charge in [0.05, 0.1) is 5.56 Å². The Morgan fingerprint density at radius 1 is 1.36 bits per heavy atom. The topological polar surface area (TPSA) is 24.1 Å². The molecule has 1 N–H and O–H groups in total. The van der Waals surface area contributed by atoms with Crippen molar-refractivity contribution in [2.45, 2.75) is 12.6 Å². The Morgan fingerprint density at radius 3 is 3.07 bits per heavy atom. The molecule has 70 valence electrons. The molecular formula is C11H10NOS+. The Hall–Kier alpha value is -1.19. The van der Waals surface area contributed by atoms with Crippen LogP contribution in [0.4, 0.5) is 0 Å². The number of aliphatic hydroxyl groups is 1. The molecule has 0 saturated heterocycles. The van der Waals surface area contributed by atoms with E-state index in [0.717, 1.165) is 11.3 Å². The average molecular weight is 204 g/mol. The molecule has 0 radical (unpaired) electrons. The zero-order valence-electron chi connectivity index (χ0n) is 7.77. The maximum absolute atomic E-state index is 10.4. The van der Waals surface area contributed by atoms with Crippen LogP contribution in [0, 0.1) is 0 Å². The smallest absolute Gasteiger partial charge is 0.296 e. The van der Waals surface area contributed by atoms with Gasteiger partial charge in [0.2, 0.25) is 5.69 Å².